The number of nitriles is 1. The van der Waals surface area contributed by atoms with E-state index in [-0.39, 0.29) is 90.0 Å². The molecule has 0 radical (unpaired) electrons. The van der Waals surface area contributed by atoms with Gasteiger partial charge in [-0.2, -0.15) is 15.2 Å². The molecule has 1 saturated heterocycles. The molecule has 50 heavy (non-hydrogen) atoms. The molecule has 2 N–H and O–H groups in total. The lowest BCUT2D eigenvalue weighted by molar-refractivity contribution is 0.0133. The van der Waals surface area contributed by atoms with Gasteiger partial charge in [0, 0.05) is 36.3 Å². The van der Waals surface area contributed by atoms with Crippen molar-refractivity contribution < 1.29 is 27.0 Å². The molecule has 2 aromatic carbocycles. The summed E-state index contributed by atoms with van der Waals surface area (Å²) in [6, 6.07) is 3.51. The maximum atomic E-state index is 17.3. The predicted molar refractivity (Wildman–Crippen MR) is 185 cm³/mol. The van der Waals surface area contributed by atoms with E-state index in [4.69, 9.17) is 33.4 Å². The lowest BCUT2D eigenvalue weighted by Crippen LogP contribution is -2.52. The summed E-state index contributed by atoms with van der Waals surface area (Å²) >= 11 is 7.84. The topological polar surface area (TPSA) is 105 Å². The average Bonchev–Trinajstić information content (AvgIpc) is 3.62. The Kier molecular flexibility index (Phi) is 8.64. The van der Waals surface area contributed by atoms with Crippen LogP contribution < -0.4 is 20.1 Å². The standard InChI is InChI=1S/C35H34ClF4N7O2S/c1-34(2,43-3)21-15-48-29-25-28(27(40)24(26(29)36)17-8-9-19(37)30-23(17)18(13-41)31(42)50-30)44-33(45-32(25)47(21)14-22(38)39)49-16-35-10-5-7-20(35)46(4)12-6-11-35/h8-9,20-22H,5-7,10-12,14-16,42H2,1-2,4H3/t20-,21?,35-/m1/s1. The largest absolute Gasteiger partial charge is 0.489 e. The molecule has 1 unspecified atom stereocenters. The summed E-state index contributed by atoms with van der Waals surface area (Å²) in [7, 11) is 2.10. The van der Waals surface area contributed by atoms with E-state index in [1.54, 1.807) is 13.8 Å². The monoisotopic (exact) mass is 727 g/mol. The number of fused-ring (bicyclic) bond motifs is 2. The fourth-order valence-electron chi connectivity index (χ4n) is 8.20. The number of nitrogen functional groups attached to an aromatic ring is 1. The first-order valence-corrected chi connectivity index (χ1v) is 17.5. The summed E-state index contributed by atoms with van der Waals surface area (Å²) in [5.74, 6) is -1.82. The summed E-state index contributed by atoms with van der Waals surface area (Å²) in [6.45, 7) is 11.2. The van der Waals surface area contributed by atoms with Gasteiger partial charge in [-0.1, -0.05) is 24.1 Å². The number of benzene rings is 2. The molecule has 1 saturated carbocycles. The van der Waals surface area contributed by atoms with Gasteiger partial charge in [-0.15, -0.1) is 11.3 Å². The molecule has 2 aliphatic heterocycles. The second kappa shape index (κ2) is 12.6. The van der Waals surface area contributed by atoms with Crippen LogP contribution in [0.4, 0.5) is 28.4 Å². The molecule has 4 aromatic rings. The summed E-state index contributed by atoms with van der Waals surface area (Å²) in [6.07, 6.45) is 2.03. The number of anilines is 2. The second-order valence-corrected chi connectivity index (χ2v) is 15.3. The fourth-order valence-corrected chi connectivity index (χ4v) is 9.48. The maximum Gasteiger partial charge on any atom is 0.319 e. The number of ether oxygens (including phenoxy) is 2. The highest BCUT2D eigenvalue weighted by Crippen LogP contribution is 2.52. The predicted octanol–water partition coefficient (Wildman–Crippen LogP) is 8.07. The highest BCUT2D eigenvalue weighted by Gasteiger charge is 2.48. The van der Waals surface area contributed by atoms with Gasteiger partial charge in [0.05, 0.1) is 33.8 Å². The summed E-state index contributed by atoms with van der Waals surface area (Å²) in [5.41, 5.74) is 4.11. The van der Waals surface area contributed by atoms with Crippen molar-refractivity contribution in [3.63, 3.8) is 0 Å². The van der Waals surface area contributed by atoms with Gasteiger partial charge in [0.25, 0.3) is 6.43 Å². The van der Waals surface area contributed by atoms with Gasteiger partial charge in [-0.25, -0.2) is 24.1 Å². The highest BCUT2D eigenvalue weighted by atomic mass is 35.5. The first-order chi connectivity index (χ1) is 23.8. The van der Waals surface area contributed by atoms with Crippen LogP contribution in [0.1, 0.15) is 51.5 Å². The van der Waals surface area contributed by atoms with Crippen LogP contribution in [-0.4, -0.2) is 72.3 Å². The first kappa shape index (κ1) is 34.3. The molecule has 262 valence electrons. The molecule has 3 aliphatic rings. The minimum atomic E-state index is -2.86. The smallest absolute Gasteiger partial charge is 0.319 e. The number of aromatic nitrogens is 2. The molecule has 9 nitrogen and oxygen atoms in total. The number of thiophene rings is 1. The number of likely N-dealkylation sites (tertiary alicyclic amines) is 1. The normalized spacial score (nSPS) is 22.3. The van der Waals surface area contributed by atoms with Crippen molar-refractivity contribution in [1.29, 1.82) is 5.26 Å². The van der Waals surface area contributed by atoms with E-state index in [0.717, 1.165) is 56.1 Å². The van der Waals surface area contributed by atoms with E-state index < -0.39 is 36.2 Å². The number of nitrogens with zero attached hydrogens (tertiary/aromatic N) is 6. The van der Waals surface area contributed by atoms with E-state index in [1.165, 1.54) is 11.0 Å². The lowest BCUT2D eigenvalue weighted by Gasteiger charge is -2.44. The zero-order chi connectivity index (χ0) is 35.7. The Morgan fingerprint density at radius 3 is 2.74 bits per heavy atom. The van der Waals surface area contributed by atoms with Gasteiger partial charge in [-0.3, -0.25) is 0 Å². The first-order valence-electron chi connectivity index (χ1n) is 16.3. The molecule has 1 aliphatic carbocycles. The summed E-state index contributed by atoms with van der Waals surface area (Å²) < 4.78 is 73.6. The third kappa shape index (κ3) is 5.35. The van der Waals surface area contributed by atoms with Crippen molar-refractivity contribution >= 4 is 54.7 Å². The number of alkyl halides is 2. The van der Waals surface area contributed by atoms with Gasteiger partial charge in [0.15, 0.2) is 11.6 Å². The lowest BCUT2D eigenvalue weighted by atomic mass is 9.76. The van der Waals surface area contributed by atoms with Gasteiger partial charge in [-0.05, 0) is 50.9 Å². The molecule has 7 rings (SSSR count). The molecular formula is C35H34ClF4N7O2S. The molecule has 0 bridgehead atoms. The number of piperidine rings is 1. The third-order valence-corrected chi connectivity index (χ3v) is 12.1. The molecule has 3 atom stereocenters. The van der Waals surface area contributed by atoms with Crippen molar-refractivity contribution in [2.75, 3.05) is 44.0 Å². The van der Waals surface area contributed by atoms with Gasteiger partial charge >= 0.3 is 6.01 Å². The van der Waals surface area contributed by atoms with Crippen molar-refractivity contribution in [3.8, 4) is 29.0 Å². The minimum absolute atomic E-state index is 0.0381. The zero-order valence-corrected chi connectivity index (χ0v) is 29.2. The van der Waals surface area contributed by atoms with E-state index in [9.17, 15) is 14.0 Å². The number of halogens is 5. The van der Waals surface area contributed by atoms with Crippen LogP contribution in [-0.2, 0) is 0 Å². The molecule has 4 heterocycles. The second-order valence-electron chi connectivity index (χ2n) is 13.9. The van der Waals surface area contributed by atoms with Crippen LogP contribution in [0, 0.1) is 35.0 Å². The van der Waals surface area contributed by atoms with Gasteiger partial charge < -0.3 is 29.9 Å². The fraction of sp³-hybridized carbons (Fsp3) is 0.486. The van der Waals surface area contributed by atoms with Crippen LogP contribution in [0.15, 0.2) is 12.1 Å². The van der Waals surface area contributed by atoms with Crippen LogP contribution in [0.5, 0.6) is 11.8 Å². The number of hydrogen-bond acceptors (Lipinski definition) is 9. The Balaban J connectivity index is 1.49. The average molecular weight is 728 g/mol. The van der Waals surface area contributed by atoms with Crippen molar-refractivity contribution in [2.24, 2.45) is 5.41 Å². The Labute approximate surface area is 295 Å². The van der Waals surface area contributed by atoms with Crippen molar-refractivity contribution in [3.05, 3.63) is 45.8 Å². The summed E-state index contributed by atoms with van der Waals surface area (Å²) in [4.78, 5) is 16.5. The maximum absolute atomic E-state index is 17.3. The van der Waals surface area contributed by atoms with Gasteiger partial charge in [0.1, 0.15) is 40.9 Å². The molecule has 0 spiro atoms. The van der Waals surface area contributed by atoms with Crippen LogP contribution in [0.3, 0.4) is 0 Å². The number of rotatable bonds is 7. The molecule has 2 aromatic heterocycles. The van der Waals surface area contributed by atoms with E-state index >= 15 is 8.78 Å². The van der Waals surface area contributed by atoms with Crippen LogP contribution >= 0.6 is 22.9 Å². The van der Waals surface area contributed by atoms with Crippen LogP contribution in [0.25, 0.3) is 37.0 Å². The van der Waals surface area contributed by atoms with E-state index in [1.807, 2.05) is 6.07 Å². The van der Waals surface area contributed by atoms with Crippen molar-refractivity contribution in [2.45, 2.75) is 70.0 Å². The Morgan fingerprint density at radius 2 is 2.02 bits per heavy atom. The quantitative estimate of drug-likeness (QED) is 0.151. The Hall–Kier alpha value is -4.11. The Bertz CT molecular complexity index is 2120. The molecule has 0 amide bonds. The highest BCUT2D eigenvalue weighted by molar-refractivity contribution is 7.23. The van der Waals surface area contributed by atoms with Crippen molar-refractivity contribution in [1.82, 2.24) is 14.9 Å². The van der Waals surface area contributed by atoms with Gasteiger partial charge in [0.2, 0.25) is 5.54 Å². The van der Waals surface area contributed by atoms with Crippen LogP contribution in [0.2, 0.25) is 5.02 Å². The summed E-state index contributed by atoms with van der Waals surface area (Å²) in [5, 5.41) is 9.74. The third-order valence-electron chi connectivity index (χ3n) is 10.7. The minimum Gasteiger partial charge on any atom is -0.489 e. The molecular weight excluding hydrogens is 694 g/mol. The Morgan fingerprint density at radius 1 is 1.26 bits per heavy atom. The number of hydrogen-bond donors (Lipinski definition) is 1. The molecule has 15 heteroatoms. The zero-order valence-electron chi connectivity index (χ0n) is 27.6. The van der Waals surface area contributed by atoms with E-state index in [0.29, 0.717) is 0 Å². The SMILES string of the molecule is [C-]#[N+]C(C)(C)C1COc2c(Cl)c(-c3ccc(F)c4sc(N)c(C#N)c34)c(F)c3nc(OC[C@]45CCC[C@H]4N(C)CCC5)nc(c23)N1CC(F)F. The number of nitrogens with two attached hydrogens (primary N) is 1. The molecule has 2 fully saturated rings. The van der Waals surface area contributed by atoms with E-state index in [2.05, 4.69) is 26.8 Å².